The van der Waals surface area contributed by atoms with E-state index in [9.17, 15) is 9.50 Å². The van der Waals surface area contributed by atoms with E-state index in [0.29, 0.717) is 35.2 Å². The molecule has 0 amide bonds. The molecule has 0 saturated heterocycles. The number of benzene rings is 2. The van der Waals surface area contributed by atoms with Crippen molar-refractivity contribution in [1.29, 1.82) is 0 Å². The van der Waals surface area contributed by atoms with Gasteiger partial charge in [-0.25, -0.2) is 4.39 Å². The first-order chi connectivity index (χ1) is 11.5. The number of methoxy groups -OCH3 is 1. The van der Waals surface area contributed by atoms with Crippen molar-refractivity contribution in [2.45, 2.75) is 26.2 Å². The molecule has 0 saturated carbocycles. The Bertz CT molecular complexity index is 679. The Morgan fingerprint density at radius 2 is 1.96 bits per heavy atom. The molecular formula is C18H21ClFNO3. The van der Waals surface area contributed by atoms with Gasteiger partial charge in [-0.1, -0.05) is 29.8 Å². The van der Waals surface area contributed by atoms with Crippen LogP contribution in [0.4, 0.5) is 4.39 Å². The topological polar surface area (TPSA) is 50.7 Å². The second-order valence-corrected chi connectivity index (χ2v) is 5.86. The Morgan fingerprint density at radius 1 is 1.21 bits per heavy atom. The number of hydrogen-bond acceptors (Lipinski definition) is 4. The van der Waals surface area contributed by atoms with Gasteiger partial charge in [-0.15, -0.1) is 0 Å². The Balaban J connectivity index is 2.10. The molecule has 6 heteroatoms. The van der Waals surface area contributed by atoms with E-state index in [-0.39, 0.29) is 12.4 Å². The zero-order valence-electron chi connectivity index (χ0n) is 13.7. The number of aliphatic hydroxyl groups excluding tert-OH is 1. The lowest BCUT2D eigenvalue weighted by atomic mass is 10.2. The van der Waals surface area contributed by atoms with Crippen molar-refractivity contribution in [3.05, 3.63) is 58.4 Å². The molecule has 0 spiro atoms. The van der Waals surface area contributed by atoms with Gasteiger partial charge in [0.05, 0.1) is 13.2 Å². The molecule has 2 N–H and O–H groups in total. The van der Waals surface area contributed by atoms with Crippen molar-refractivity contribution in [2.75, 3.05) is 13.7 Å². The minimum atomic E-state index is -0.436. The number of nitrogens with one attached hydrogen (secondary N) is 1. The van der Waals surface area contributed by atoms with Crippen molar-refractivity contribution in [1.82, 2.24) is 5.32 Å². The molecule has 130 valence electrons. The van der Waals surface area contributed by atoms with Gasteiger partial charge in [-0.05, 0) is 24.6 Å². The summed E-state index contributed by atoms with van der Waals surface area (Å²) in [6, 6.07) is 9.86. The van der Waals surface area contributed by atoms with E-state index in [1.165, 1.54) is 13.2 Å². The molecule has 2 rings (SSSR count). The fourth-order valence-electron chi connectivity index (χ4n) is 2.17. The molecule has 2 aromatic rings. The summed E-state index contributed by atoms with van der Waals surface area (Å²) in [7, 11) is 1.53. The monoisotopic (exact) mass is 353 g/mol. The summed E-state index contributed by atoms with van der Waals surface area (Å²) >= 11 is 6.27. The number of aliphatic hydroxyl groups is 1. The van der Waals surface area contributed by atoms with Crippen LogP contribution in [-0.4, -0.2) is 24.9 Å². The fourth-order valence-corrected chi connectivity index (χ4v) is 2.39. The van der Waals surface area contributed by atoms with Crippen LogP contribution in [0, 0.1) is 5.82 Å². The average Bonchev–Trinajstić information content (AvgIpc) is 2.55. The lowest BCUT2D eigenvalue weighted by molar-refractivity contribution is 0.191. The molecule has 0 radical (unpaired) electrons. The lowest BCUT2D eigenvalue weighted by Gasteiger charge is -2.15. The van der Waals surface area contributed by atoms with Gasteiger partial charge in [-0.2, -0.15) is 0 Å². The van der Waals surface area contributed by atoms with Gasteiger partial charge in [0.15, 0.2) is 11.5 Å². The summed E-state index contributed by atoms with van der Waals surface area (Å²) in [6.45, 7) is 2.74. The molecule has 0 bridgehead atoms. The number of rotatable bonds is 8. The van der Waals surface area contributed by atoms with Crippen LogP contribution in [0.5, 0.6) is 11.5 Å². The Morgan fingerprint density at radius 3 is 2.62 bits per heavy atom. The van der Waals surface area contributed by atoms with Crippen molar-refractivity contribution < 1.29 is 19.0 Å². The van der Waals surface area contributed by atoms with E-state index < -0.39 is 6.10 Å². The summed E-state index contributed by atoms with van der Waals surface area (Å²) in [6.07, 6.45) is -0.436. The highest BCUT2D eigenvalue weighted by Crippen LogP contribution is 2.34. The zero-order valence-corrected chi connectivity index (χ0v) is 14.4. The standard InChI is InChI=1S/C18H21ClFNO3/c1-12(22)9-21-10-14-7-17(23-2)18(8-15(14)19)24-11-13-5-3-4-6-16(13)20/h3-8,12,21-22H,9-11H2,1-2H3. The highest BCUT2D eigenvalue weighted by Gasteiger charge is 2.12. The summed E-state index contributed by atoms with van der Waals surface area (Å²) in [5.41, 5.74) is 1.28. The highest BCUT2D eigenvalue weighted by molar-refractivity contribution is 6.31. The first kappa shape index (κ1) is 18.5. The molecule has 2 aromatic carbocycles. The molecule has 0 aliphatic carbocycles. The number of hydrogen-bond donors (Lipinski definition) is 2. The minimum Gasteiger partial charge on any atom is -0.493 e. The van der Waals surface area contributed by atoms with E-state index in [4.69, 9.17) is 21.1 Å². The van der Waals surface area contributed by atoms with Crippen molar-refractivity contribution >= 4 is 11.6 Å². The summed E-state index contributed by atoms with van der Waals surface area (Å²) in [4.78, 5) is 0. The second-order valence-electron chi connectivity index (χ2n) is 5.45. The van der Waals surface area contributed by atoms with Crippen LogP contribution in [-0.2, 0) is 13.2 Å². The van der Waals surface area contributed by atoms with Gasteiger partial charge in [0.1, 0.15) is 12.4 Å². The maximum atomic E-state index is 13.7. The molecule has 0 aliphatic rings. The number of halogens is 2. The first-order valence-electron chi connectivity index (χ1n) is 7.62. The third kappa shape index (κ3) is 5.09. The molecule has 0 fully saturated rings. The Hall–Kier alpha value is -1.82. The SMILES string of the molecule is COc1cc(CNCC(C)O)c(Cl)cc1OCc1ccccc1F. The van der Waals surface area contributed by atoms with Crippen LogP contribution in [0.15, 0.2) is 36.4 Å². The lowest BCUT2D eigenvalue weighted by Crippen LogP contribution is -2.24. The zero-order chi connectivity index (χ0) is 17.5. The first-order valence-corrected chi connectivity index (χ1v) is 8.00. The smallest absolute Gasteiger partial charge is 0.163 e. The minimum absolute atomic E-state index is 0.0823. The normalized spacial score (nSPS) is 12.0. The molecule has 0 aromatic heterocycles. The molecule has 1 unspecified atom stereocenters. The fraction of sp³-hybridized carbons (Fsp3) is 0.333. The molecular weight excluding hydrogens is 333 g/mol. The van der Waals surface area contributed by atoms with Gasteiger partial charge >= 0.3 is 0 Å². The number of ether oxygens (including phenoxy) is 2. The van der Waals surface area contributed by atoms with E-state index in [1.54, 1.807) is 37.3 Å². The largest absolute Gasteiger partial charge is 0.493 e. The van der Waals surface area contributed by atoms with Crippen LogP contribution < -0.4 is 14.8 Å². The van der Waals surface area contributed by atoms with Crippen LogP contribution in [0.3, 0.4) is 0 Å². The van der Waals surface area contributed by atoms with Crippen LogP contribution in [0.2, 0.25) is 5.02 Å². The van der Waals surface area contributed by atoms with E-state index in [0.717, 1.165) is 5.56 Å². The molecule has 1 atom stereocenters. The maximum Gasteiger partial charge on any atom is 0.163 e. The molecule has 4 nitrogen and oxygen atoms in total. The summed E-state index contributed by atoms with van der Waals surface area (Å²) < 4.78 is 24.7. The predicted molar refractivity (Wildman–Crippen MR) is 92.1 cm³/mol. The Labute approximate surface area is 146 Å². The van der Waals surface area contributed by atoms with Crippen LogP contribution >= 0.6 is 11.6 Å². The Kier molecular flexibility index (Phi) is 6.85. The van der Waals surface area contributed by atoms with Crippen LogP contribution in [0.25, 0.3) is 0 Å². The van der Waals surface area contributed by atoms with Crippen molar-refractivity contribution in [3.63, 3.8) is 0 Å². The second kappa shape index (κ2) is 8.87. The molecule has 24 heavy (non-hydrogen) atoms. The van der Waals surface area contributed by atoms with Crippen molar-refractivity contribution in [2.24, 2.45) is 0 Å². The quantitative estimate of drug-likeness (QED) is 0.762. The van der Waals surface area contributed by atoms with Gasteiger partial charge in [0, 0.05) is 29.7 Å². The van der Waals surface area contributed by atoms with Crippen LogP contribution in [0.1, 0.15) is 18.1 Å². The summed E-state index contributed by atoms with van der Waals surface area (Å²) in [5.74, 6) is 0.649. The van der Waals surface area contributed by atoms with Gasteiger partial charge < -0.3 is 19.9 Å². The predicted octanol–water partition coefficient (Wildman–Crippen LogP) is 3.54. The summed E-state index contributed by atoms with van der Waals surface area (Å²) in [5, 5.41) is 12.9. The van der Waals surface area contributed by atoms with Gasteiger partial charge in [-0.3, -0.25) is 0 Å². The van der Waals surface area contributed by atoms with Crippen molar-refractivity contribution in [3.8, 4) is 11.5 Å². The average molecular weight is 354 g/mol. The third-order valence-corrected chi connectivity index (χ3v) is 3.78. The molecule has 0 heterocycles. The van der Waals surface area contributed by atoms with Gasteiger partial charge in [0.25, 0.3) is 0 Å². The highest BCUT2D eigenvalue weighted by atomic mass is 35.5. The third-order valence-electron chi connectivity index (χ3n) is 3.43. The van der Waals surface area contributed by atoms with E-state index >= 15 is 0 Å². The van der Waals surface area contributed by atoms with E-state index in [1.807, 2.05) is 0 Å². The van der Waals surface area contributed by atoms with Gasteiger partial charge in [0.2, 0.25) is 0 Å². The molecule has 0 aliphatic heterocycles. The van der Waals surface area contributed by atoms with E-state index in [2.05, 4.69) is 5.32 Å². The maximum absolute atomic E-state index is 13.7.